The van der Waals surface area contributed by atoms with Crippen LogP contribution in [0.3, 0.4) is 0 Å². The van der Waals surface area contributed by atoms with Gasteiger partial charge in [0.2, 0.25) is 11.8 Å². The molecule has 7 nitrogen and oxygen atoms in total. The van der Waals surface area contributed by atoms with E-state index in [4.69, 9.17) is 4.74 Å². The number of amides is 1. The molecule has 0 spiro atoms. The van der Waals surface area contributed by atoms with Gasteiger partial charge in [0.15, 0.2) is 11.0 Å². The molecule has 29 heavy (non-hydrogen) atoms. The molecule has 0 aliphatic rings. The van der Waals surface area contributed by atoms with Gasteiger partial charge in [0.25, 0.3) is 0 Å². The highest BCUT2D eigenvalue weighted by atomic mass is 32.2. The fourth-order valence-corrected chi connectivity index (χ4v) is 3.82. The number of benzene rings is 1. The van der Waals surface area contributed by atoms with Gasteiger partial charge in [-0.25, -0.2) is 4.98 Å². The molecule has 0 aliphatic carbocycles. The Morgan fingerprint density at radius 1 is 1.21 bits per heavy atom. The van der Waals surface area contributed by atoms with Gasteiger partial charge in [0.1, 0.15) is 0 Å². The second-order valence-electron chi connectivity index (χ2n) is 7.02. The van der Waals surface area contributed by atoms with Crippen molar-refractivity contribution in [2.75, 3.05) is 12.4 Å². The number of carbonyl (C=O) groups is 1. The summed E-state index contributed by atoms with van der Waals surface area (Å²) in [6.07, 6.45) is 0. The van der Waals surface area contributed by atoms with Crippen molar-refractivity contribution >= 4 is 23.4 Å². The molecule has 0 fully saturated rings. The van der Waals surface area contributed by atoms with Gasteiger partial charge in [-0.1, -0.05) is 30.0 Å². The second-order valence-corrected chi connectivity index (χ2v) is 8.61. The minimum absolute atomic E-state index is 0.0951. The van der Waals surface area contributed by atoms with E-state index in [1.807, 2.05) is 74.7 Å². The standard InChI is InChI=1S/C21H25N5O2S/c1-6-26-18(15-12-14(2)22-17(13-15)28-5)24-25-20(26)29-21(3,4)19(27)23-16-10-8-7-9-11-16/h7-13H,6H2,1-5H3,(H,23,27). The topological polar surface area (TPSA) is 81.9 Å². The van der Waals surface area contributed by atoms with E-state index < -0.39 is 4.75 Å². The van der Waals surface area contributed by atoms with Crippen LogP contribution in [0, 0.1) is 6.92 Å². The summed E-state index contributed by atoms with van der Waals surface area (Å²) >= 11 is 1.38. The van der Waals surface area contributed by atoms with Crippen molar-refractivity contribution in [1.82, 2.24) is 19.7 Å². The summed E-state index contributed by atoms with van der Waals surface area (Å²) in [5.41, 5.74) is 2.48. The van der Waals surface area contributed by atoms with Crippen molar-refractivity contribution in [3.8, 4) is 17.3 Å². The van der Waals surface area contributed by atoms with Crippen LogP contribution >= 0.6 is 11.8 Å². The van der Waals surface area contributed by atoms with E-state index in [1.54, 1.807) is 7.11 Å². The lowest BCUT2D eigenvalue weighted by Crippen LogP contribution is -2.34. The maximum atomic E-state index is 12.8. The Morgan fingerprint density at radius 3 is 2.59 bits per heavy atom. The molecule has 0 saturated carbocycles. The van der Waals surface area contributed by atoms with Crippen molar-refractivity contribution in [2.45, 2.75) is 44.1 Å². The molecule has 2 aromatic heterocycles. The van der Waals surface area contributed by atoms with Crippen LogP contribution in [0.15, 0.2) is 47.6 Å². The van der Waals surface area contributed by atoms with Gasteiger partial charge in [0.05, 0.1) is 11.9 Å². The number of rotatable bonds is 7. The first kappa shape index (κ1) is 20.9. The first-order chi connectivity index (χ1) is 13.8. The van der Waals surface area contributed by atoms with Crippen LogP contribution in [0.2, 0.25) is 0 Å². The SMILES string of the molecule is CCn1c(SC(C)(C)C(=O)Nc2ccccc2)nnc1-c1cc(C)nc(OC)c1. The Bertz CT molecular complexity index is 1000. The van der Waals surface area contributed by atoms with Gasteiger partial charge in [-0.3, -0.25) is 4.79 Å². The summed E-state index contributed by atoms with van der Waals surface area (Å²) in [5, 5.41) is 12.4. The lowest BCUT2D eigenvalue weighted by molar-refractivity contribution is -0.117. The monoisotopic (exact) mass is 411 g/mol. The van der Waals surface area contributed by atoms with Crippen LogP contribution in [0.4, 0.5) is 5.69 Å². The molecule has 0 unspecified atom stereocenters. The molecule has 1 aromatic carbocycles. The Morgan fingerprint density at radius 2 is 1.93 bits per heavy atom. The maximum absolute atomic E-state index is 12.8. The van der Waals surface area contributed by atoms with E-state index in [0.717, 1.165) is 22.8 Å². The van der Waals surface area contributed by atoms with Gasteiger partial charge < -0.3 is 14.6 Å². The van der Waals surface area contributed by atoms with Gasteiger partial charge in [-0.15, -0.1) is 10.2 Å². The zero-order valence-corrected chi connectivity index (χ0v) is 18.1. The second kappa shape index (κ2) is 8.65. The molecule has 2 heterocycles. The number of hydrogen-bond acceptors (Lipinski definition) is 6. The zero-order valence-electron chi connectivity index (χ0n) is 17.3. The molecule has 0 radical (unpaired) electrons. The number of para-hydroxylation sites is 1. The van der Waals surface area contributed by atoms with Crippen molar-refractivity contribution < 1.29 is 9.53 Å². The van der Waals surface area contributed by atoms with Gasteiger partial charge in [-0.2, -0.15) is 0 Å². The number of thioether (sulfide) groups is 1. The average Bonchev–Trinajstić information content (AvgIpc) is 3.10. The number of ether oxygens (including phenoxy) is 1. The van der Waals surface area contributed by atoms with Crippen molar-refractivity contribution in [3.05, 3.63) is 48.2 Å². The summed E-state index contributed by atoms with van der Waals surface area (Å²) < 4.78 is 6.54. The van der Waals surface area contributed by atoms with E-state index >= 15 is 0 Å². The number of nitrogens with one attached hydrogen (secondary N) is 1. The summed E-state index contributed by atoms with van der Waals surface area (Å²) in [6.45, 7) is 8.36. The van der Waals surface area contributed by atoms with E-state index in [2.05, 4.69) is 20.5 Å². The third-order valence-electron chi connectivity index (χ3n) is 4.36. The number of nitrogens with zero attached hydrogens (tertiary/aromatic N) is 4. The first-order valence-corrected chi connectivity index (χ1v) is 10.2. The van der Waals surface area contributed by atoms with E-state index in [-0.39, 0.29) is 5.91 Å². The lowest BCUT2D eigenvalue weighted by atomic mass is 10.2. The predicted molar refractivity (Wildman–Crippen MR) is 115 cm³/mol. The molecular weight excluding hydrogens is 386 g/mol. The van der Waals surface area contributed by atoms with Crippen LogP contribution in [-0.2, 0) is 11.3 Å². The highest BCUT2D eigenvalue weighted by Crippen LogP contribution is 2.35. The van der Waals surface area contributed by atoms with E-state index in [1.165, 1.54) is 11.8 Å². The Hall–Kier alpha value is -2.87. The minimum atomic E-state index is -0.737. The number of pyridine rings is 1. The number of aromatic nitrogens is 4. The van der Waals surface area contributed by atoms with E-state index in [0.29, 0.717) is 17.6 Å². The number of aryl methyl sites for hydroxylation is 1. The number of anilines is 1. The normalized spacial score (nSPS) is 11.3. The quantitative estimate of drug-likeness (QED) is 0.587. The third-order valence-corrected chi connectivity index (χ3v) is 5.54. The molecule has 0 atom stereocenters. The largest absolute Gasteiger partial charge is 0.481 e. The summed E-state index contributed by atoms with van der Waals surface area (Å²) in [6, 6.07) is 13.2. The molecular formula is C21H25N5O2S. The Kier molecular flexibility index (Phi) is 6.22. The van der Waals surface area contributed by atoms with Crippen LogP contribution in [0.5, 0.6) is 5.88 Å². The first-order valence-electron chi connectivity index (χ1n) is 9.36. The van der Waals surface area contributed by atoms with Gasteiger partial charge in [0, 0.05) is 29.6 Å². The molecule has 8 heteroatoms. The minimum Gasteiger partial charge on any atom is -0.481 e. The van der Waals surface area contributed by atoms with Crippen molar-refractivity contribution in [2.24, 2.45) is 0 Å². The fourth-order valence-electron chi connectivity index (χ4n) is 2.81. The van der Waals surface area contributed by atoms with Crippen molar-refractivity contribution in [1.29, 1.82) is 0 Å². The molecule has 152 valence electrons. The number of methoxy groups -OCH3 is 1. The van der Waals surface area contributed by atoms with Crippen molar-refractivity contribution in [3.63, 3.8) is 0 Å². The molecule has 0 aliphatic heterocycles. The summed E-state index contributed by atoms with van der Waals surface area (Å²) in [7, 11) is 1.59. The zero-order chi connectivity index (χ0) is 21.0. The highest BCUT2D eigenvalue weighted by Gasteiger charge is 2.32. The molecule has 1 N–H and O–H groups in total. The Balaban J connectivity index is 1.86. The van der Waals surface area contributed by atoms with Crippen LogP contribution in [0.25, 0.3) is 11.4 Å². The van der Waals surface area contributed by atoms with E-state index in [9.17, 15) is 4.79 Å². The lowest BCUT2D eigenvalue weighted by Gasteiger charge is -2.22. The summed E-state index contributed by atoms with van der Waals surface area (Å²) in [5.74, 6) is 1.16. The Labute approximate surface area is 174 Å². The van der Waals surface area contributed by atoms with Crippen LogP contribution < -0.4 is 10.1 Å². The molecule has 3 aromatic rings. The fraction of sp³-hybridized carbons (Fsp3) is 0.333. The maximum Gasteiger partial charge on any atom is 0.240 e. The molecule has 0 bridgehead atoms. The van der Waals surface area contributed by atoms with Crippen LogP contribution in [-0.4, -0.2) is 37.5 Å². The van der Waals surface area contributed by atoms with Crippen LogP contribution in [0.1, 0.15) is 26.5 Å². The van der Waals surface area contributed by atoms with Gasteiger partial charge >= 0.3 is 0 Å². The highest BCUT2D eigenvalue weighted by molar-refractivity contribution is 8.01. The molecule has 0 saturated heterocycles. The smallest absolute Gasteiger partial charge is 0.240 e. The number of carbonyl (C=O) groups excluding carboxylic acids is 1. The average molecular weight is 412 g/mol. The van der Waals surface area contributed by atoms with Gasteiger partial charge in [-0.05, 0) is 45.9 Å². The molecule has 1 amide bonds. The third kappa shape index (κ3) is 4.76. The number of hydrogen-bond donors (Lipinski definition) is 1. The summed E-state index contributed by atoms with van der Waals surface area (Å²) in [4.78, 5) is 17.2. The molecule has 3 rings (SSSR count). The predicted octanol–water partition coefficient (Wildman–Crippen LogP) is 4.19.